The quantitative estimate of drug-likeness (QED) is 0.153. The molecule has 0 aliphatic carbocycles. The van der Waals surface area contributed by atoms with Gasteiger partial charge in [-0.15, -0.1) is 0 Å². The van der Waals surface area contributed by atoms with Gasteiger partial charge in [-0.25, -0.2) is 13.8 Å². The fourth-order valence-electron chi connectivity index (χ4n) is 3.07. The maximum Gasteiger partial charge on any atom is 0.459 e. The lowest BCUT2D eigenvalue weighted by Gasteiger charge is -2.29. The summed E-state index contributed by atoms with van der Waals surface area (Å²) in [6.07, 6.45) is -5.57. The molecule has 4 N–H and O–H groups in total. The number of nitrogens with one attached hydrogen (secondary N) is 2. The fourth-order valence-corrected chi connectivity index (χ4v) is 4.59. The maximum atomic E-state index is 15.0. The molecule has 0 bridgehead atoms. The van der Waals surface area contributed by atoms with Crippen molar-refractivity contribution in [2.75, 3.05) is 6.61 Å². The number of carboxylic acids is 1. The third-order valence-electron chi connectivity index (χ3n) is 4.83. The first-order chi connectivity index (χ1) is 16.5. The summed E-state index contributed by atoms with van der Waals surface area (Å²) in [6.45, 7) is 0.0593. The van der Waals surface area contributed by atoms with Crippen molar-refractivity contribution in [3.05, 3.63) is 73.9 Å². The molecule has 35 heavy (non-hydrogen) atoms. The molecular weight excluding hydrogens is 494 g/mol. The van der Waals surface area contributed by atoms with Crippen molar-refractivity contribution >= 4 is 13.7 Å². The number of ether oxygens (including phenoxy) is 1. The predicted octanol–water partition coefficient (Wildman–Crippen LogP) is 1.04. The van der Waals surface area contributed by atoms with E-state index in [1.54, 1.807) is 6.07 Å². The van der Waals surface area contributed by atoms with Crippen LogP contribution in [-0.4, -0.2) is 56.4 Å². The van der Waals surface area contributed by atoms with E-state index in [-0.39, 0.29) is 5.75 Å². The van der Waals surface area contributed by atoms with E-state index in [4.69, 9.17) is 19.3 Å². The van der Waals surface area contributed by atoms with Gasteiger partial charge in [-0.2, -0.15) is 5.09 Å². The Morgan fingerprint density at radius 3 is 2.71 bits per heavy atom. The van der Waals surface area contributed by atoms with Crippen LogP contribution in [0, 0.1) is 0 Å². The number of aliphatic hydroxyl groups is 1. The molecular formula is C18H20FN6O9P. The lowest BCUT2D eigenvalue weighted by molar-refractivity contribution is -0.138. The maximum absolute atomic E-state index is 15.0. The summed E-state index contributed by atoms with van der Waals surface area (Å²) >= 11 is 0. The molecule has 0 saturated carbocycles. The highest BCUT2D eigenvalue weighted by atomic mass is 31.2. The molecule has 1 fully saturated rings. The van der Waals surface area contributed by atoms with Crippen LogP contribution in [0.15, 0.2) is 57.3 Å². The summed E-state index contributed by atoms with van der Waals surface area (Å²) < 4.78 is 44.9. The molecule has 6 atom stereocenters. The average Bonchev–Trinajstić information content (AvgIpc) is 3.04. The number of aromatic amines is 1. The molecule has 17 heteroatoms. The van der Waals surface area contributed by atoms with Gasteiger partial charge in [-0.3, -0.25) is 23.7 Å². The molecule has 1 aromatic carbocycles. The summed E-state index contributed by atoms with van der Waals surface area (Å²) in [4.78, 5) is 39.0. The number of halogens is 1. The van der Waals surface area contributed by atoms with Gasteiger partial charge in [0.2, 0.25) is 5.72 Å². The van der Waals surface area contributed by atoms with Crippen LogP contribution >= 0.6 is 7.75 Å². The first-order valence-electron chi connectivity index (χ1n) is 9.88. The van der Waals surface area contributed by atoms with Gasteiger partial charge in [0.15, 0.2) is 12.4 Å². The zero-order valence-electron chi connectivity index (χ0n) is 17.9. The fraction of sp³-hybridized carbons (Fsp3) is 0.389. The van der Waals surface area contributed by atoms with E-state index < -0.39 is 61.8 Å². The zero-order valence-corrected chi connectivity index (χ0v) is 18.8. The Labute approximate surface area is 195 Å². The van der Waals surface area contributed by atoms with E-state index in [0.29, 0.717) is 4.57 Å². The number of benzene rings is 1. The third kappa shape index (κ3) is 5.77. The average molecular weight is 514 g/mol. The highest BCUT2D eigenvalue weighted by Gasteiger charge is 2.57. The first-order valence-corrected chi connectivity index (χ1v) is 11.4. The molecule has 0 spiro atoms. The molecule has 0 amide bonds. The molecule has 3 rings (SSSR count). The third-order valence-corrected chi connectivity index (χ3v) is 6.46. The number of carboxylic acid groups (broad SMARTS) is 1. The summed E-state index contributed by atoms with van der Waals surface area (Å²) in [5.74, 6) is -1.40. The minimum Gasteiger partial charge on any atom is -0.480 e. The topological polar surface area (TPSA) is 218 Å². The van der Waals surface area contributed by atoms with Gasteiger partial charge in [0.05, 0.1) is 6.61 Å². The van der Waals surface area contributed by atoms with Crippen LogP contribution in [0.3, 0.4) is 0 Å². The number of hydrogen-bond donors (Lipinski definition) is 4. The minimum absolute atomic E-state index is 0.00711. The Bertz CT molecular complexity index is 1280. The molecule has 2 aromatic rings. The molecule has 1 unspecified atom stereocenters. The van der Waals surface area contributed by atoms with Gasteiger partial charge < -0.3 is 19.5 Å². The van der Waals surface area contributed by atoms with Crippen molar-refractivity contribution in [3.8, 4) is 5.75 Å². The Morgan fingerprint density at radius 2 is 2.11 bits per heavy atom. The second-order valence-electron chi connectivity index (χ2n) is 7.31. The standard InChI is InChI=1S/C18H20FN6O9P/c1-10(16(28)29)22-35(31,34-11-5-3-2-4-6-11)32-9-18(23-24-20)14(27)13(19)15(33-18)25-8-7-12(26)21-17(25)30/h2-8,10,13-15,27H,9H2,1H3,(H,22,31)(H,28,29)(H,21,26,30)/t10-,13+,14-,15+,18+,35?/m0/s1. The van der Waals surface area contributed by atoms with Crippen LogP contribution in [0.25, 0.3) is 10.4 Å². The molecule has 15 nitrogen and oxygen atoms in total. The number of nitrogens with zero attached hydrogens (tertiary/aromatic N) is 4. The number of para-hydroxylation sites is 1. The molecule has 1 saturated heterocycles. The molecule has 188 valence electrons. The van der Waals surface area contributed by atoms with Crippen LogP contribution < -0.4 is 20.9 Å². The van der Waals surface area contributed by atoms with Crippen molar-refractivity contribution in [2.24, 2.45) is 5.11 Å². The number of azide groups is 1. The van der Waals surface area contributed by atoms with E-state index in [1.165, 1.54) is 24.3 Å². The van der Waals surface area contributed by atoms with Gasteiger partial charge in [-0.1, -0.05) is 23.3 Å². The van der Waals surface area contributed by atoms with Crippen molar-refractivity contribution in [1.29, 1.82) is 0 Å². The largest absolute Gasteiger partial charge is 0.480 e. The summed E-state index contributed by atoms with van der Waals surface area (Å²) in [6, 6.07) is 6.93. The normalized spacial score (nSPS) is 26.3. The highest BCUT2D eigenvalue weighted by Crippen LogP contribution is 2.48. The number of alkyl halides is 1. The SMILES string of the molecule is C[C@H](NP(=O)(OC[C@@]1(N=[N+]=[N-])O[C@@H](n2ccc(=O)[nH]c2=O)[C@H](F)[C@@H]1O)Oc1ccccc1)C(=O)O. The van der Waals surface area contributed by atoms with Crippen LogP contribution in [-0.2, 0) is 18.6 Å². The molecule has 0 radical (unpaired) electrons. The second-order valence-corrected chi connectivity index (χ2v) is 9.01. The number of H-pyrrole nitrogens is 1. The molecule has 1 aliphatic heterocycles. The van der Waals surface area contributed by atoms with E-state index in [2.05, 4.69) is 15.1 Å². The Kier molecular flexibility index (Phi) is 7.75. The molecule has 2 heterocycles. The lowest BCUT2D eigenvalue weighted by Crippen LogP contribution is -2.45. The Hall–Kier alpha value is -3.52. The number of aliphatic carboxylic acids is 1. The lowest BCUT2D eigenvalue weighted by atomic mass is 10.1. The second kappa shape index (κ2) is 10.4. The Morgan fingerprint density at radius 1 is 1.43 bits per heavy atom. The highest BCUT2D eigenvalue weighted by molar-refractivity contribution is 7.52. The molecule has 1 aromatic heterocycles. The van der Waals surface area contributed by atoms with E-state index >= 15 is 0 Å². The summed E-state index contributed by atoms with van der Waals surface area (Å²) in [5, 5.41) is 25.1. The molecule has 1 aliphatic rings. The van der Waals surface area contributed by atoms with E-state index in [1.807, 2.05) is 4.98 Å². The van der Waals surface area contributed by atoms with Crippen molar-refractivity contribution < 1.29 is 37.7 Å². The number of carbonyl (C=O) groups is 1. The number of rotatable bonds is 10. The van der Waals surface area contributed by atoms with Gasteiger partial charge >= 0.3 is 19.4 Å². The Balaban J connectivity index is 1.92. The van der Waals surface area contributed by atoms with Crippen LogP contribution in [0.1, 0.15) is 13.2 Å². The van der Waals surface area contributed by atoms with Crippen LogP contribution in [0.5, 0.6) is 5.75 Å². The van der Waals surface area contributed by atoms with Crippen molar-refractivity contribution in [3.63, 3.8) is 0 Å². The monoisotopic (exact) mass is 514 g/mol. The van der Waals surface area contributed by atoms with Crippen molar-refractivity contribution in [1.82, 2.24) is 14.6 Å². The number of aliphatic hydroxyl groups excluding tert-OH is 1. The van der Waals surface area contributed by atoms with Gasteiger partial charge in [0, 0.05) is 17.2 Å². The van der Waals surface area contributed by atoms with Gasteiger partial charge in [0.25, 0.3) is 5.56 Å². The summed E-state index contributed by atoms with van der Waals surface area (Å²) in [5.41, 5.74) is 4.59. The minimum atomic E-state index is -4.57. The van der Waals surface area contributed by atoms with Crippen molar-refractivity contribution in [2.45, 2.75) is 37.2 Å². The zero-order chi connectivity index (χ0) is 25.8. The van der Waals surface area contributed by atoms with Gasteiger partial charge in [0.1, 0.15) is 17.9 Å². The predicted molar refractivity (Wildman–Crippen MR) is 115 cm³/mol. The number of aromatic nitrogens is 2. The smallest absolute Gasteiger partial charge is 0.459 e. The van der Waals surface area contributed by atoms with E-state index in [9.17, 15) is 33.6 Å². The first kappa shape index (κ1) is 26.1. The number of hydrogen-bond acceptors (Lipinski definition) is 9. The summed E-state index contributed by atoms with van der Waals surface area (Å²) in [7, 11) is -4.57. The van der Waals surface area contributed by atoms with Crippen LogP contribution in [0.4, 0.5) is 4.39 Å². The van der Waals surface area contributed by atoms with Crippen LogP contribution in [0.2, 0.25) is 0 Å². The van der Waals surface area contributed by atoms with Gasteiger partial charge in [-0.05, 0) is 24.6 Å². The van der Waals surface area contributed by atoms with E-state index in [0.717, 1.165) is 19.2 Å².